The van der Waals surface area contributed by atoms with Gasteiger partial charge in [0.1, 0.15) is 5.75 Å². The van der Waals surface area contributed by atoms with E-state index in [0.29, 0.717) is 5.69 Å². The summed E-state index contributed by atoms with van der Waals surface area (Å²) in [6, 6.07) is 20.6. The number of nitrogens with zero attached hydrogens (tertiary/aromatic N) is 1. The first-order chi connectivity index (χ1) is 14.2. The average molecular weight is 385 g/mol. The molecule has 0 saturated heterocycles. The number of hydrogen-bond donors (Lipinski definition) is 2. The highest BCUT2D eigenvalue weighted by molar-refractivity contribution is 6.02. The van der Waals surface area contributed by atoms with Crippen molar-refractivity contribution in [3.05, 3.63) is 91.1 Å². The molecule has 2 N–H and O–H groups in total. The van der Waals surface area contributed by atoms with Crippen LogP contribution in [0, 0.1) is 0 Å². The highest BCUT2D eigenvalue weighted by Gasteiger charge is 2.09. The van der Waals surface area contributed by atoms with Gasteiger partial charge in [0.05, 0.1) is 25.3 Å². The molecule has 0 fully saturated rings. The van der Waals surface area contributed by atoms with Crippen LogP contribution in [0.2, 0.25) is 0 Å². The van der Waals surface area contributed by atoms with Gasteiger partial charge in [-0.25, -0.2) is 0 Å². The molecular formula is C23H19N3O3. The van der Waals surface area contributed by atoms with Gasteiger partial charge in [-0.1, -0.05) is 12.1 Å². The second kappa shape index (κ2) is 8.31. The van der Waals surface area contributed by atoms with E-state index in [4.69, 9.17) is 9.15 Å². The monoisotopic (exact) mass is 385 g/mol. The van der Waals surface area contributed by atoms with Crippen molar-refractivity contribution < 1.29 is 13.9 Å². The minimum absolute atomic E-state index is 0.266. The van der Waals surface area contributed by atoms with Crippen molar-refractivity contribution in [1.82, 2.24) is 4.98 Å². The van der Waals surface area contributed by atoms with Crippen molar-refractivity contribution in [3.8, 4) is 16.9 Å². The van der Waals surface area contributed by atoms with Crippen LogP contribution in [0.4, 0.5) is 17.1 Å². The van der Waals surface area contributed by atoms with Crippen molar-refractivity contribution in [2.45, 2.75) is 0 Å². The Morgan fingerprint density at radius 2 is 1.72 bits per heavy atom. The summed E-state index contributed by atoms with van der Waals surface area (Å²) in [5, 5.41) is 6.17. The second-order valence-electron chi connectivity index (χ2n) is 6.33. The Hall–Kier alpha value is -4.06. The number of aromatic nitrogens is 1. The maximum atomic E-state index is 12.2. The number of methoxy groups -OCH3 is 1. The number of rotatable bonds is 6. The van der Waals surface area contributed by atoms with E-state index in [1.165, 1.54) is 6.26 Å². The zero-order valence-electron chi connectivity index (χ0n) is 15.8. The first-order valence-electron chi connectivity index (χ1n) is 9.03. The van der Waals surface area contributed by atoms with Crippen LogP contribution in [0.5, 0.6) is 5.75 Å². The fourth-order valence-electron chi connectivity index (χ4n) is 2.88. The topological polar surface area (TPSA) is 76.4 Å². The number of benzene rings is 2. The molecule has 144 valence electrons. The molecule has 29 heavy (non-hydrogen) atoms. The quantitative estimate of drug-likeness (QED) is 0.468. The Bertz CT molecular complexity index is 1110. The van der Waals surface area contributed by atoms with Gasteiger partial charge in [-0.05, 0) is 60.2 Å². The lowest BCUT2D eigenvalue weighted by atomic mass is 10.1. The Labute approximate surface area is 168 Å². The Morgan fingerprint density at radius 1 is 0.897 bits per heavy atom. The summed E-state index contributed by atoms with van der Waals surface area (Å²) in [6.07, 6.45) is 5.02. The van der Waals surface area contributed by atoms with E-state index in [0.717, 1.165) is 28.3 Å². The van der Waals surface area contributed by atoms with Crippen LogP contribution < -0.4 is 15.4 Å². The van der Waals surface area contributed by atoms with Crippen molar-refractivity contribution >= 4 is 23.0 Å². The Morgan fingerprint density at radius 3 is 2.48 bits per heavy atom. The molecule has 2 aromatic heterocycles. The van der Waals surface area contributed by atoms with Gasteiger partial charge in [-0.2, -0.15) is 0 Å². The van der Waals surface area contributed by atoms with Crippen molar-refractivity contribution in [2.75, 3.05) is 17.7 Å². The van der Waals surface area contributed by atoms with Crippen molar-refractivity contribution in [1.29, 1.82) is 0 Å². The zero-order chi connectivity index (χ0) is 20.1. The fourth-order valence-corrected chi connectivity index (χ4v) is 2.88. The van der Waals surface area contributed by atoms with Gasteiger partial charge in [-0.15, -0.1) is 0 Å². The SMILES string of the molecule is COc1ccc(Nc2cncc(-c3cccc(NC(=O)c4ccco4)c3)c2)cc1. The summed E-state index contributed by atoms with van der Waals surface area (Å²) < 4.78 is 10.3. The van der Waals surface area contributed by atoms with Crippen LogP contribution in [-0.4, -0.2) is 18.0 Å². The van der Waals surface area contributed by atoms with Gasteiger partial charge >= 0.3 is 0 Å². The van der Waals surface area contributed by atoms with Gasteiger partial charge in [-0.3, -0.25) is 9.78 Å². The lowest BCUT2D eigenvalue weighted by molar-refractivity contribution is 0.0996. The summed E-state index contributed by atoms with van der Waals surface area (Å²) >= 11 is 0. The minimum atomic E-state index is -0.291. The molecule has 4 aromatic rings. The number of anilines is 3. The predicted octanol–water partition coefficient (Wildman–Crippen LogP) is 5.35. The summed E-state index contributed by atoms with van der Waals surface area (Å²) in [4.78, 5) is 16.5. The number of furan rings is 1. The normalized spacial score (nSPS) is 10.4. The van der Waals surface area contributed by atoms with E-state index in [1.54, 1.807) is 31.6 Å². The number of ether oxygens (including phenoxy) is 1. The van der Waals surface area contributed by atoms with Gasteiger partial charge in [0.15, 0.2) is 5.76 Å². The molecule has 0 aliphatic rings. The van der Waals surface area contributed by atoms with Gasteiger partial charge < -0.3 is 19.8 Å². The molecule has 0 saturated carbocycles. The van der Waals surface area contributed by atoms with Crippen LogP contribution in [-0.2, 0) is 0 Å². The molecule has 2 aromatic carbocycles. The van der Waals surface area contributed by atoms with Crippen LogP contribution in [0.3, 0.4) is 0 Å². The second-order valence-corrected chi connectivity index (χ2v) is 6.33. The largest absolute Gasteiger partial charge is 0.497 e. The molecular weight excluding hydrogens is 366 g/mol. The zero-order valence-corrected chi connectivity index (χ0v) is 15.8. The van der Waals surface area contributed by atoms with Gasteiger partial charge in [0.25, 0.3) is 5.91 Å². The Kier molecular flexibility index (Phi) is 5.25. The third-order valence-electron chi connectivity index (χ3n) is 4.32. The number of carbonyl (C=O) groups is 1. The molecule has 0 radical (unpaired) electrons. The number of pyridine rings is 1. The van der Waals surface area contributed by atoms with Crippen molar-refractivity contribution in [3.63, 3.8) is 0 Å². The molecule has 0 bridgehead atoms. The third-order valence-corrected chi connectivity index (χ3v) is 4.32. The van der Waals surface area contributed by atoms with E-state index in [-0.39, 0.29) is 11.7 Å². The fraction of sp³-hybridized carbons (Fsp3) is 0.0435. The molecule has 0 unspecified atom stereocenters. The first kappa shape index (κ1) is 18.3. The lowest BCUT2D eigenvalue weighted by Gasteiger charge is -2.10. The van der Waals surface area contributed by atoms with Gasteiger partial charge in [0.2, 0.25) is 0 Å². The lowest BCUT2D eigenvalue weighted by Crippen LogP contribution is -2.10. The Balaban J connectivity index is 1.52. The number of carbonyl (C=O) groups excluding carboxylic acids is 1. The maximum absolute atomic E-state index is 12.2. The molecule has 0 atom stereocenters. The molecule has 6 nitrogen and oxygen atoms in total. The van der Waals surface area contributed by atoms with Gasteiger partial charge in [0, 0.05) is 23.1 Å². The van der Waals surface area contributed by atoms with Crippen molar-refractivity contribution in [2.24, 2.45) is 0 Å². The first-order valence-corrected chi connectivity index (χ1v) is 9.03. The number of nitrogens with one attached hydrogen (secondary N) is 2. The van der Waals surface area contributed by atoms with Crippen LogP contribution in [0.1, 0.15) is 10.6 Å². The van der Waals surface area contributed by atoms with Crippen LogP contribution >= 0.6 is 0 Å². The minimum Gasteiger partial charge on any atom is -0.497 e. The third kappa shape index (κ3) is 4.44. The molecule has 0 aliphatic heterocycles. The van der Waals surface area contributed by atoms with E-state index in [9.17, 15) is 4.79 Å². The number of hydrogen-bond acceptors (Lipinski definition) is 5. The van der Waals surface area contributed by atoms with E-state index in [1.807, 2.05) is 54.6 Å². The average Bonchev–Trinajstić information content (AvgIpc) is 3.30. The smallest absolute Gasteiger partial charge is 0.291 e. The standard InChI is InChI=1S/C23H19N3O3/c1-28-21-9-7-18(8-10-21)25-20-13-17(14-24-15-20)16-4-2-5-19(12-16)26-23(27)22-6-3-11-29-22/h2-15,25H,1H3,(H,26,27). The highest BCUT2D eigenvalue weighted by atomic mass is 16.5. The maximum Gasteiger partial charge on any atom is 0.291 e. The van der Waals surface area contributed by atoms with Crippen LogP contribution in [0.15, 0.2) is 89.8 Å². The predicted molar refractivity (Wildman–Crippen MR) is 113 cm³/mol. The number of amides is 1. The highest BCUT2D eigenvalue weighted by Crippen LogP contribution is 2.26. The summed E-state index contributed by atoms with van der Waals surface area (Å²) in [6.45, 7) is 0. The van der Waals surface area contributed by atoms with E-state index < -0.39 is 0 Å². The summed E-state index contributed by atoms with van der Waals surface area (Å²) in [7, 11) is 1.64. The molecule has 6 heteroatoms. The molecule has 1 amide bonds. The van der Waals surface area contributed by atoms with E-state index in [2.05, 4.69) is 15.6 Å². The van der Waals surface area contributed by atoms with E-state index >= 15 is 0 Å². The summed E-state index contributed by atoms with van der Waals surface area (Å²) in [5.41, 5.74) is 4.34. The molecule has 4 rings (SSSR count). The molecule has 0 spiro atoms. The molecule has 2 heterocycles. The van der Waals surface area contributed by atoms with Crippen LogP contribution in [0.25, 0.3) is 11.1 Å². The summed E-state index contributed by atoms with van der Waals surface area (Å²) in [5.74, 6) is 0.777. The molecule has 0 aliphatic carbocycles.